The third-order valence-electron chi connectivity index (χ3n) is 3.98. The van der Waals surface area contributed by atoms with Gasteiger partial charge in [0.05, 0.1) is 0 Å². The fourth-order valence-corrected chi connectivity index (χ4v) is 2.22. The van der Waals surface area contributed by atoms with Crippen molar-refractivity contribution in [3.8, 4) is 0 Å². The van der Waals surface area contributed by atoms with Gasteiger partial charge in [0.2, 0.25) is 0 Å². The lowest BCUT2D eigenvalue weighted by molar-refractivity contribution is 0.0832. The van der Waals surface area contributed by atoms with E-state index >= 15 is 0 Å². The van der Waals surface area contributed by atoms with Gasteiger partial charge in [-0.1, -0.05) is 58.0 Å². The number of rotatable bonds is 5. The Hall–Kier alpha value is -1.15. The average molecular weight is 261 g/mol. The average Bonchev–Trinajstić information content (AvgIpc) is 2.36. The fraction of sp³-hybridized carbons (Fsp3) is 0.588. The largest absolute Gasteiger partial charge is 0.302 e. The lowest BCUT2D eigenvalue weighted by Gasteiger charge is -2.36. The molecule has 2 nitrogen and oxygen atoms in total. The molecule has 0 aliphatic heterocycles. The van der Waals surface area contributed by atoms with Crippen LogP contribution in [-0.2, 0) is 0 Å². The van der Waals surface area contributed by atoms with Crippen LogP contribution in [0.2, 0.25) is 0 Å². The molecule has 0 radical (unpaired) electrons. The maximum Gasteiger partial charge on any atom is 0.166 e. The second-order valence-electron chi connectivity index (χ2n) is 6.61. The van der Waals surface area contributed by atoms with Gasteiger partial charge in [0.25, 0.3) is 0 Å². The van der Waals surface area contributed by atoms with Crippen LogP contribution in [0.15, 0.2) is 30.3 Å². The molecular formula is C17H27NO. The molecule has 0 spiro atoms. The van der Waals surface area contributed by atoms with Gasteiger partial charge in [-0.3, -0.25) is 4.79 Å². The molecule has 0 heterocycles. The Morgan fingerprint density at radius 3 is 2.16 bits per heavy atom. The smallest absolute Gasteiger partial charge is 0.166 e. The van der Waals surface area contributed by atoms with Gasteiger partial charge in [-0.25, -0.2) is 0 Å². The van der Waals surface area contributed by atoms with E-state index in [4.69, 9.17) is 0 Å². The minimum absolute atomic E-state index is 0.0252. The van der Waals surface area contributed by atoms with Gasteiger partial charge in [0.1, 0.15) is 0 Å². The molecule has 106 valence electrons. The second kappa shape index (κ2) is 6.33. The molecule has 0 saturated carbocycles. The first-order chi connectivity index (χ1) is 8.73. The maximum atomic E-state index is 12.3. The SMILES string of the molecule is CC(CN(C)C(C)C(C)(C)C)C(=O)c1ccccc1. The molecular weight excluding hydrogens is 234 g/mol. The zero-order valence-electron chi connectivity index (χ0n) is 13.1. The number of hydrogen-bond acceptors (Lipinski definition) is 2. The third-order valence-corrected chi connectivity index (χ3v) is 3.98. The zero-order chi connectivity index (χ0) is 14.6. The summed E-state index contributed by atoms with van der Waals surface area (Å²) in [7, 11) is 2.10. The van der Waals surface area contributed by atoms with Gasteiger partial charge in [-0.05, 0) is 19.4 Å². The Morgan fingerprint density at radius 1 is 1.16 bits per heavy atom. The summed E-state index contributed by atoms with van der Waals surface area (Å²) in [6, 6.07) is 10.0. The van der Waals surface area contributed by atoms with Crippen molar-refractivity contribution in [1.29, 1.82) is 0 Å². The fourth-order valence-electron chi connectivity index (χ4n) is 2.22. The number of benzene rings is 1. The van der Waals surface area contributed by atoms with Crippen molar-refractivity contribution in [2.24, 2.45) is 11.3 Å². The van der Waals surface area contributed by atoms with Crippen LogP contribution in [0, 0.1) is 11.3 Å². The third kappa shape index (κ3) is 4.46. The number of nitrogens with zero attached hydrogens (tertiary/aromatic N) is 1. The van der Waals surface area contributed by atoms with Gasteiger partial charge < -0.3 is 4.90 Å². The second-order valence-corrected chi connectivity index (χ2v) is 6.61. The molecule has 1 aromatic rings. The molecule has 2 atom stereocenters. The minimum atomic E-state index is 0.0252. The Bertz CT molecular complexity index is 405. The molecule has 1 rings (SSSR count). The van der Waals surface area contributed by atoms with Crippen LogP contribution in [0.1, 0.15) is 45.0 Å². The summed E-state index contributed by atoms with van der Waals surface area (Å²) in [5.74, 6) is 0.255. The molecule has 0 aromatic heterocycles. The van der Waals surface area contributed by atoms with E-state index in [1.165, 1.54) is 0 Å². The van der Waals surface area contributed by atoms with Crippen molar-refractivity contribution < 1.29 is 4.79 Å². The quantitative estimate of drug-likeness (QED) is 0.750. The monoisotopic (exact) mass is 261 g/mol. The van der Waals surface area contributed by atoms with E-state index in [1.54, 1.807) is 0 Å². The van der Waals surface area contributed by atoms with Gasteiger partial charge >= 0.3 is 0 Å². The van der Waals surface area contributed by atoms with E-state index in [9.17, 15) is 4.79 Å². The predicted octanol–water partition coefficient (Wildman–Crippen LogP) is 3.87. The van der Waals surface area contributed by atoms with Crippen molar-refractivity contribution in [2.45, 2.75) is 40.7 Å². The Morgan fingerprint density at radius 2 is 1.68 bits per heavy atom. The summed E-state index contributed by atoms with van der Waals surface area (Å²) in [5, 5.41) is 0. The minimum Gasteiger partial charge on any atom is -0.302 e. The number of carbonyl (C=O) groups is 1. The Balaban J connectivity index is 2.65. The number of hydrogen-bond donors (Lipinski definition) is 0. The Labute approximate surface area is 117 Å². The molecule has 0 aliphatic rings. The van der Waals surface area contributed by atoms with Crippen LogP contribution < -0.4 is 0 Å². The lowest BCUT2D eigenvalue weighted by atomic mass is 9.86. The van der Waals surface area contributed by atoms with Gasteiger partial charge in [-0.2, -0.15) is 0 Å². The molecule has 0 amide bonds. The molecule has 0 bridgehead atoms. The van der Waals surface area contributed by atoms with Crippen molar-refractivity contribution in [3.05, 3.63) is 35.9 Å². The van der Waals surface area contributed by atoms with E-state index in [1.807, 2.05) is 37.3 Å². The summed E-state index contributed by atoms with van der Waals surface area (Å²) in [6.45, 7) is 11.7. The van der Waals surface area contributed by atoms with Gasteiger partial charge in [0.15, 0.2) is 5.78 Å². The van der Waals surface area contributed by atoms with E-state index in [0.29, 0.717) is 6.04 Å². The number of Topliss-reactive ketones (excluding diaryl/α,β-unsaturated/α-hetero) is 1. The lowest BCUT2D eigenvalue weighted by Crippen LogP contribution is -2.42. The Kier molecular flexibility index (Phi) is 5.30. The van der Waals surface area contributed by atoms with E-state index in [2.05, 4.69) is 39.6 Å². The van der Waals surface area contributed by atoms with Crippen LogP contribution >= 0.6 is 0 Å². The van der Waals surface area contributed by atoms with Crippen LogP contribution in [0.5, 0.6) is 0 Å². The van der Waals surface area contributed by atoms with Crippen LogP contribution in [0.3, 0.4) is 0 Å². The highest BCUT2D eigenvalue weighted by atomic mass is 16.1. The number of carbonyl (C=O) groups excluding carboxylic acids is 1. The molecule has 0 N–H and O–H groups in total. The highest BCUT2D eigenvalue weighted by molar-refractivity contribution is 5.97. The number of ketones is 1. The first kappa shape index (κ1) is 15.9. The van der Waals surface area contributed by atoms with Crippen molar-refractivity contribution in [2.75, 3.05) is 13.6 Å². The first-order valence-electron chi connectivity index (χ1n) is 7.03. The molecule has 2 unspecified atom stereocenters. The molecule has 0 saturated heterocycles. The summed E-state index contributed by atoms with van der Waals surface area (Å²) in [5.41, 5.74) is 1.04. The normalized spacial score (nSPS) is 15.3. The van der Waals surface area contributed by atoms with Gasteiger partial charge in [-0.15, -0.1) is 0 Å². The highest BCUT2D eigenvalue weighted by Crippen LogP contribution is 2.24. The van der Waals surface area contributed by atoms with Crippen LogP contribution in [0.25, 0.3) is 0 Å². The topological polar surface area (TPSA) is 20.3 Å². The molecule has 0 aliphatic carbocycles. The molecule has 1 aromatic carbocycles. The van der Waals surface area contributed by atoms with Crippen molar-refractivity contribution in [3.63, 3.8) is 0 Å². The molecule has 19 heavy (non-hydrogen) atoms. The standard InChI is InChI=1S/C17H27NO/c1-13(12-18(6)14(2)17(3,4)5)16(19)15-10-8-7-9-11-15/h7-11,13-14H,12H2,1-6H3. The summed E-state index contributed by atoms with van der Waals surface area (Å²) >= 11 is 0. The van der Waals surface area contributed by atoms with E-state index < -0.39 is 0 Å². The van der Waals surface area contributed by atoms with Crippen molar-refractivity contribution in [1.82, 2.24) is 4.90 Å². The zero-order valence-corrected chi connectivity index (χ0v) is 13.1. The van der Waals surface area contributed by atoms with E-state index in [-0.39, 0.29) is 17.1 Å². The molecule has 0 fully saturated rings. The predicted molar refractivity (Wildman–Crippen MR) is 81.5 cm³/mol. The maximum absolute atomic E-state index is 12.3. The van der Waals surface area contributed by atoms with Crippen LogP contribution in [-0.4, -0.2) is 30.3 Å². The summed E-state index contributed by atoms with van der Waals surface area (Å²) in [6.07, 6.45) is 0. The van der Waals surface area contributed by atoms with Crippen LogP contribution in [0.4, 0.5) is 0 Å². The summed E-state index contributed by atoms with van der Waals surface area (Å²) < 4.78 is 0. The summed E-state index contributed by atoms with van der Waals surface area (Å²) in [4.78, 5) is 14.6. The van der Waals surface area contributed by atoms with Crippen molar-refractivity contribution >= 4 is 5.78 Å². The molecule has 2 heteroatoms. The van der Waals surface area contributed by atoms with Gasteiger partial charge in [0, 0.05) is 24.1 Å². The highest BCUT2D eigenvalue weighted by Gasteiger charge is 2.26. The van der Waals surface area contributed by atoms with E-state index in [0.717, 1.165) is 12.1 Å². The first-order valence-corrected chi connectivity index (χ1v) is 7.03.